The summed E-state index contributed by atoms with van der Waals surface area (Å²) < 4.78 is 10.9. The summed E-state index contributed by atoms with van der Waals surface area (Å²) in [6.45, 7) is 1.95. The van der Waals surface area contributed by atoms with Gasteiger partial charge in [0.15, 0.2) is 5.76 Å². The van der Waals surface area contributed by atoms with Gasteiger partial charge in [0.05, 0.1) is 12.7 Å². The van der Waals surface area contributed by atoms with Crippen LogP contribution in [0.2, 0.25) is 0 Å². The van der Waals surface area contributed by atoms with Crippen molar-refractivity contribution in [1.29, 1.82) is 0 Å². The van der Waals surface area contributed by atoms with Crippen molar-refractivity contribution >= 4 is 11.9 Å². The first-order valence-electron chi connectivity index (χ1n) is 6.37. The fourth-order valence-corrected chi connectivity index (χ4v) is 2.23. The summed E-state index contributed by atoms with van der Waals surface area (Å²) >= 11 is 0. The van der Waals surface area contributed by atoms with Crippen LogP contribution in [0, 0.1) is 6.92 Å². The number of aryl methyl sites for hydroxylation is 1. The highest BCUT2D eigenvalue weighted by Gasteiger charge is 2.27. The van der Waals surface area contributed by atoms with E-state index in [2.05, 4.69) is 0 Å². The molecule has 0 radical (unpaired) electrons. The molecule has 0 atom stereocenters. The molecule has 1 heterocycles. The molecular formula is C17H14O3. The summed E-state index contributed by atoms with van der Waals surface area (Å²) in [4.78, 5) is 12.3. The SMILES string of the molecule is COc1ccccc1/C=C1\Oc2ccc(C)cc2C1=O. The topological polar surface area (TPSA) is 35.5 Å². The number of methoxy groups -OCH3 is 1. The molecule has 0 saturated carbocycles. The molecule has 0 N–H and O–H groups in total. The minimum Gasteiger partial charge on any atom is -0.496 e. The fourth-order valence-electron chi connectivity index (χ4n) is 2.23. The van der Waals surface area contributed by atoms with Gasteiger partial charge in [0.2, 0.25) is 5.78 Å². The minimum atomic E-state index is -0.0883. The van der Waals surface area contributed by atoms with E-state index < -0.39 is 0 Å². The molecule has 2 aromatic rings. The summed E-state index contributed by atoms with van der Waals surface area (Å²) in [6, 6.07) is 13.1. The number of hydrogen-bond acceptors (Lipinski definition) is 3. The molecule has 1 aliphatic rings. The standard InChI is InChI=1S/C17H14O3/c1-11-7-8-15-13(9-11)17(18)16(20-15)10-12-5-3-4-6-14(12)19-2/h3-10H,1-2H3/b16-10-. The highest BCUT2D eigenvalue weighted by atomic mass is 16.5. The first kappa shape index (κ1) is 12.5. The predicted molar refractivity (Wildman–Crippen MR) is 77.1 cm³/mol. The predicted octanol–water partition coefficient (Wildman–Crippen LogP) is 3.62. The van der Waals surface area contributed by atoms with E-state index in [-0.39, 0.29) is 5.78 Å². The number of carbonyl (C=O) groups is 1. The van der Waals surface area contributed by atoms with E-state index in [0.717, 1.165) is 11.1 Å². The molecule has 2 aromatic carbocycles. The van der Waals surface area contributed by atoms with Crippen molar-refractivity contribution in [2.45, 2.75) is 6.92 Å². The second kappa shape index (κ2) is 4.85. The molecule has 0 aliphatic carbocycles. The maximum atomic E-state index is 12.3. The largest absolute Gasteiger partial charge is 0.496 e. The van der Waals surface area contributed by atoms with Crippen LogP contribution in [0.25, 0.3) is 6.08 Å². The zero-order chi connectivity index (χ0) is 14.1. The van der Waals surface area contributed by atoms with Gasteiger partial charge >= 0.3 is 0 Å². The molecular weight excluding hydrogens is 252 g/mol. The van der Waals surface area contributed by atoms with Crippen molar-refractivity contribution in [3.05, 3.63) is 64.9 Å². The molecule has 1 aliphatic heterocycles. The second-order valence-electron chi connectivity index (χ2n) is 4.68. The van der Waals surface area contributed by atoms with Crippen molar-refractivity contribution in [2.75, 3.05) is 7.11 Å². The van der Waals surface area contributed by atoms with Gasteiger partial charge in [-0.2, -0.15) is 0 Å². The van der Waals surface area contributed by atoms with Crippen molar-refractivity contribution in [2.24, 2.45) is 0 Å². The molecule has 100 valence electrons. The van der Waals surface area contributed by atoms with Crippen LogP contribution < -0.4 is 9.47 Å². The van der Waals surface area contributed by atoms with Gasteiger partial charge in [0.1, 0.15) is 11.5 Å². The molecule has 0 unspecified atom stereocenters. The number of allylic oxidation sites excluding steroid dienone is 1. The fraction of sp³-hybridized carbons (Fsp3) is 0.118. The van der Waals surface area contributed by atoms with Gasteiger partial charge in [-0.05, 0) is 31.2 Å². The third-order valence-corrected chi connectivity index (χ3v) is 3.25. The molecule has 0 amide bonds. The van der Waals surface area contributed by atoms with Crippen LogP contribution in [0.3, 0.4) is 0 Å². The molecule has 20 heavy (non-hydrogen) atoms. The summed E-state index contributed by atoms with van der Waals surface area (Å²) in [5, 5.41) is 0. The molecule has 3 rings (SSSR count). The lowest BCUT2D eigenvalue weighted by molar-refractivity contribution is 0.101. The Morgan fingerprint density at radius 3 is 2.75 bits per heavy atom. The Kier molecular flexibility index (Phi) is 3.03. The molecule has 0 fully saturated rings. The summed E-state index contributed by atoms with van der Waals surface area (Å²) in [5.41, 5.74) is 2.48. The number of ketones is 1. The van der Waals surface area contributed by atoms with Crippen molar-refractivity contribution < 1.29 is 14.3 Å². The van der Waals surface area contributed by atoms with E-state index in [4.69, 9.17) is 9.47 Å². The van der Waals surface area contributed by atoms with Gasteiger partial charge in [0, 0.05) is 5.56 Å². The monoisotopic (exact) mass is 266 g/mol. The molecule has 0 bridgehead atoms. The van der Waals surface area contributed by atoms with E-state index in [1.54, 1.807) is 13.2 Å². The van der Waals surface area contributed by atoms with Crippen molar-refractivity contribution in [3.8, 4) is 11.5 Å². The van der Waals surface area contributed by atoms with Gasteiger partial charge < -0.3 is 9.47 Å². The summed E-state index contributed by atoms with van der Waals surface area (Å²) in [5.74, 6) is 1.56. The zero-order valence-corrected chi connectivity index (χ0v) is 11.3. The molecule has 3 nitrogen and oxygen atoms in total. The number of ether oxygens (including phenoxy) is 2. The number of carbonyl (C=O) groups excluding carboxylic acids is 1. The Balaban J connectivity index is 2.01. The quantitative estimate of drug-likeness (QED) is 0.779. The lowest BCUT2D eigenvalue weighted by Crippen LogP contribution is -1.98. The number of benzene rings is 2. The van der Waals surface area contributed by atoms with Gasteiger partial charge in [0.25, 0.3) is 0 Å². The number of hydrogen-bond donors (Lipinski definition) is 0. The Labute approximate surface area is 117 Å². The van der Waals surface area contributed by atoms with Crippen LogP contribution in [0.15, 0.2) is 48.2 Å². The van der Waals surface area contributed by atoms with Crippen LogP contribution in [-0.2, 0) is 0 Å². The van der Waals surface area contributed by atoms with E-state index in [1.807, 2.05) is 49.4 Å². The summed E-state index contributed by atoms with van der Waals surface area (Å²) in [7, 11) is 1.60. The minimum absolute atomic E-state index is 0.0883. The van der Waals surface area contributed by atoms with E-state index in [9.17, 15) is 4.79 Å². The number of fused-ring (bicyclic) bond motifs is 1. The Bertz CT molecular complexity index is 714. The van der Waals surface area contributed by atoms with Gasteiger partial charge in [-0.1, -0.05) is 29.8 Å². The van der Waals surface area contributed by atoms with Crippen LogP contribution in [0.4, 0.5) is 0 Å². The molecule has 0 saturated heterocycles. The third kappa shape index (κ3) is 2.07. The average molecular weight is 266 g/mol. The second-order valence-corrected chi connectivity index (χ2v) is 4.68. The lowest BCUT2D eigenvalue weighted by Gasteiger charge is -2.04. The van der Waals surface area contributed by atoms with Gasteiger partial charge in [-0.15, -0.1) is 0 Å². The summed E-state index contributed by atoms with van der Waals surface area (Å²) in [6.07, 6.45) is 1.72. The molecule has 0 spiro atoms. The maximum absolute atomic E-state index is 12.3. The van der Waals surface area contributed by atoms with Crippen molar-refractivity contribution in [1.82, 2.24) is 0 Å². The Morgan fingerprint density at radius 2 is 1.95 bits per heavy atom. The van der Waals surface area contributed by atoms with Crippen LogP contribution in [0.5, 0.6) is 11.5 Å². The highest BCUT2D eigenvalue weighted by molar-refractivity contribution is 6.14. The first-order chi connectivity index (χ1) is 9.69. The number of rotatable bonds is 2. The van der Waals surface area contributed by atoms with Gasteiger partial charge in [-0.25, -0.2) is 0 Å². The van der Waals surface area contributed by atoms with E-state index in [0.29, 0.717) is 22.8 Å². The van der Waals surface area contributed by atoms with Crippen LogP contribution in [-0.4, -0.2) is 12.9 Å². The van der Waals surface area contributed by atoms with Crippen LogP contribution >= 0.6 is 0 Å². The normalized spacial score (nSPS) is 15.1. The highest BCUT2D eigenvalue weighted by Crippen LogP contribution is 2.33. The first-order valence-corrected chi connectivity index (χ1v) is 6.37. The maximum Gasteiger partial charge on any atom is 0.231 e. The Morgan fingerprint density at radius 1 is 1.15 bits per heavy atom. The zero-order valence-electron chi connectivity index (χ0n) is 11.3. The number of Topliss-reactive ketones (excluding diaryl/α,β-unsaturated/α-hetero) is 1. The van der Waals surface area contributed by atoms with Gasteiger partial charge in [-0.3, -0.25) is 4.79 Å². The number of para-hydroxylation sites is 1. The third-order valence-electron chi connectivity index (χ3n) is 3.25. The van der Waals surface area contributed by atoms with E-state index in [1.165, 1.54) is 0 Å². The smallest absolute Gasteiger partial charge is 0.231 e. The van der Waals surface area contributed by atoms with Crippen molar-refractivity contribution in [3.63, 3.8) is 0 Å². The molecule has 0 aromatic heterocycles. The van der Waals surface area contributed by atoms with Crippen LogP contribution in [0.1, 0.15) is 21.5 Å². The lowest BCUT2D eigenvalue weighted by atomic mass is 10.1. The average Bonchev–Trinajstić information content (AvgIpc) is 2.76. The molecule has 3 heteroatoms. The Hall–Kier alpha value is -2.55. The van der Waals surface area contributed by atoms with E-state index >= 15 is 0 Å².